The summed E-state index contributed by atoms with van der Waals surface area (Å²) >= 11 is 0. The van der Waals surface area contributed by atoms with E-state index in [1.807, 2.05) is 46.7 Å². The van der Waals surface area contributed by atoms with Gasteiger partial charge < -0.3 is 14.4 Å². The molecule has 0 atom stereocenters. The van der Waals surface area contributed by atoms with Gasteiger partial charge in [-0.2, -0.15) is 0 Å². The molecule has 0 radical (unpaired) electrons. The van der Waals surface area contributed by atoms with Gasteiger partial charge in [0.15, 0.2) is 0 Å². The molecule has 0 amide bonds. The van der Waals surface area contributed by atoms with E-state index < -0.39 is 10.8 Å². The molecular formula is C25H49NO4. The Morgan fingerprint density at radius 3 is 1.50 bits per heavy atom. The molecule has 0 fully saturated rings. The van der Waals surface area contributed by atoms with Crippen molar-refractivity contribution in [1.82, 2.24) is 4.90 Å². The predicted molar refractivity (Wildman–Crippen MR) is 124 cm³/mol. The highest BCUT2D eigenvalue weighted by Gasteiger charge is 2.40. The largest absolute Gasteiger partial charge is 0.465 e. The van der Waals surface area contributed by atoms with Crippen LogP contribution in [0.2, 0.25) is 0 Å². The number of ether oxygens (including phenoxy) is 2. The van der Waals surface area contributed by atoms with Gasteiger partial charge in [0.25, 0.3) is 0 Å². The summed E-state index contributed by atoms with van der Waals surface area (Å²) in [5.41, 5.74) is -1.45. The zero-order valence-corrected chi connectivity index (χ0v) is 21.0. The summed E-state index contributed by atoms with van der Waals surface area (Å²) in [4.78, 5) is 26.9. The van der Waals surface area contributed by atoms with E-state index >= 15 is 0 Å². The lowest BCUT2D eigenvalue weighted by atomic mass is 9.75. The number of unbranched alkanes of at least 4 members (excludes halogenated alkanes) is 9. The van der Waals surface area contributed by atoms with Crippen LogP contribution in [0.15, 0.2) is 0 Å². The fraction of sp³-hybridized carbons (Fsp3) is 0.920. The van der Waals surface area contributed by atoms with Gasteiger partial charge in [0.1, 0.15) is 6.61 Å². The Hall–Kier alpha value is -1.10. The summed E-state index contributed by atoms with van der Waals surface area (Å²) < 4.78 is 10.9. The molecular weight excluding hydrogens is 378 g/mol. The third-order valence-corrected chi connectivity index (χ3v) is 5.49. The maximum Gasteiger partial charge on any atom is 0.311 e. The fourth-order valence-electron chi connectivity index (χ4n) is 3.72. The number of carbonyl (C=O) groups excluding carboxylic acids is 2. The molecule has 30 heavy (non-hydrogen) atoms. The topological polar surface area (TPSA) is 55.8 Å². The maximum absolute atomic E-state index is 12.5. The molecule has 0 aromatic carbocycles. The molecule has 0 saturated heterocycles. The Bertz CT molecular complexity index is 472. The van der Waals surface area contributed by atoms with E-state index in [4.69, 9.17) is 9.47 Å². The van der Waals surface area contributed by atoms with E-state index in [0.29, 0.717) is 26.2 Å². The van der Waals surface area contributed by atoms with Gasteiger partial charge in [-0.1, -0.05) is 64.7 Å². The minimum absolute atomic E-state index is 0.229. The highest BCUT2D eigenvalue weighted by Crippen LogP contribution is 2.35. The van der Waals surface area contributed by atoms with Crippen LogP contribution in [-0.4, -0.2) is 50.7 Å². The first-order chi connectivity index (χ1) is 14.0. The lowest BCUT2D eigenvalue weighted by molar-refractivity contribution is -0.162. The molecule has 0 heterocycles. The van der Waals surface area contributed by atoms with Gasteiger partial charge >= 0.3 is 11.9 Å². The average Bonchev–Trinajstić information content (AvgIpc) is 2.64. The van der Waals surface area contributed by atoms with E-state index in [0.717, 1.165) is 12.8 Å². The van der Waals surface area contributed by atoms with Gasteiger partial charge in [-0.05, 0) is 54.6 Å². The third-order valence-electron chi connectivity index (χ3n) is 5.49. The van der Waals surface area contributed by atoms with E-state index in [1.54, 1.807) is 0 Å². The molecule has 0 spiro atoms. The maximum atomic E-state index is 12.5. The summed E-state index contributed by atoms with van der Waals surface area (Å²) in [6.45, 7) is 11.1. The monoisotopic (exact) mass is 427 g/mol. The van der Waals surface area contributed by atoms with Crippen LogP contribution in [0.4, 0.5) is 0 Å². The van der Waals surface area contributed by atoms with Gasteiger partial charge in [-0.15, -0.1) is 0 Å². The van der Waals surface area contributed by atoms with E-state index in [1.165, 1.54) is 51.4 Å². The Morgan fingerprint density at radius 1 is 0.667 bits per heavy atom. The fourth-order valence-corrected chi connectivity index (χ4v) is 3.72. The molecule has 5 nitrogen and oxygen atoms in total. The van der Waals surface area contributed by atoms with Crippen LogP contribution in [0.3, 0.4) is 0 Å². The normalized spacial score (nSPS) is 12.3. The molecule has 0 rings (SSSR count). The molecule has 0 aromatic heterocycles. The predicted octanol–water partition coefficient (Wildman–Crippen LogP) is 6.00. The standard InChI is InChI=1S/C25H49NO4/c1-8-9-10-11-12-13-14-15-16-17-19-29-22(27)24(2,3)21-25(4,5)23(28)30-20-18-26(6)7/h8-21H2,1-7H3. The molecule has 0 aliphatic carbocycles. The van der Waals surface area contributed by atoms with Crippen LogP contribution in [0.25, 0.3) is 0 Å². The van der Waals surface area contributed by atoms with Crippen LogP contribution in [0.5, 0.6) is 0 Å². The lowest BCUT2D eigenvalue weighted by Gasteiger charge is -2.31. The highest BCUT2D eigenvalue weighted by molar-refractivity contribution is 5.80. The Kier molecular flexibility index (Phi) is 15.1. The number of nitrogens with zero attached hydrogens (tertiary/aromatic N) is 1. The Morgan fingerprint density at radius 2 is 1.07 bits per heavy atom. The van der Waals surface area contributed by atoms with E-state index in [-0.39, 0.29) is 11.9 Å². The number of hydrogen-bond donors (Lipinski definition) is 0. The summed E-state index contributed by atoms with van der Waals surface area (Å²) in [5.74, 6) is -0.493. The second-order valence-electron chi connectivity index (χ2n) is 10.2. The van der Waals surface area contributed by atoms with Crippen molar-refractivity contribution in [2.45, 2.75) is 105 Å². The second-order valence-corrected chi connectivity index (χ2v) is 10.2. The molecule has 0 bridgehead atoms. The van der Waals surface area contributed by atoms with Gasteiger partial charge in [0, 0.05) is 6.54 Å². The van der Waals surface area contributed by atoms with Crippen molar-refractivity contribution >= 4 is 11.9 Å². The summed E-state index contributed by atoms with van der Waals surface area (Å²) in [6, 6.07) is 0. The number of esters is 2. The summed E-state index contributed by atoms with van der Waals surface area (Å²) in [6.07, 6.45) is 12.9. The first kappa shape index (κ1) is 28.9. The van der Waals surface area contributed by atoms with Crippen molar-refractivity contribution in [3.63, 3.8) is 0 Å². The SMILES string of the molecule is CCCCCCCCCCCCOC(=O)C(C)(C)CC(C)(C)C(=O)OCCN(C)C. The molecule has 178 valence electrons. The first-order valence-electron chi connectivity index (χ1n) is 12.0. The van der Waals surface area contributed by atoms with Gasteiger partial charge in [0.2, 0.25) is 0 Å². The van der Waals surface area contributed by atoms with Crippen molar-refractivity contribution in [3.05, 3.63) is 0 Å². The summed E-state index contributed by atoms with van der Waals surface area (Å²) in [5, 5.41) is 0. The van der Waals surface area contributed by atoms with Crippen molar-refractivity contribution in [2.75, 3.05) is 33.9 Å². The molecule has 0 saturated carbocycles. The van der Waals surface area contributed by atoms with Crippen molar-refractivity contribution < 1.29 is 19.1 Å². The minimum Gasteiger partial charge on any atom is -0.465 e. The second kappa shape index (κ2) is 15.7. The van der Waals surface area contributed by atoms with Crippen LogP contribution in [0, 0.1) is 10.8 Å². The average molecular weight is 428 g/mol. The highest BCUT2D eigenvalue weighted by atomic mass is 16.5. The number of hydrogen-bond acceptors (Lipinski definition) is 5. The molecule has 0 N–H and O–H groups in total. The van der Waals surface area contributed by atoms with Crippen LogP contribution in [0.1, 0.15) is 105 Å². The molecule has 0 aromatic rings. The zero-order chi connectivity index (χ0) is 23.0. The van der Waals surface area contributed by atoms with Crippen LogP contribution >= 0.6 is 0 Å². The number of carbonyl (C=O) groups is 2. The Balaban J connectivity index is 4.04. The molecule has 0 unspecified atom stereocenters. The third kappa shape index (κ3) is 14.0. The van der Waals surface area contributed by atoms with Gasteiger partial charge in [-0.25, -0.2) is 0 Å². The molecule has 5 heteroatoms. The van der Waals surface area contributed by atoms with Gasteiger partial charge in [0.05, 0.1) is 17.4 Å². The minimum atomic E-state index is -0.730. The van der Waals surface area contributed by atoms with Crippen molar-refractivity contribution in [3.8, 4) is 0 Å². The van der Waals surface area contributed by atoms with Crippen LogP contribution < -0.4 is 0 Å². The smallest absolute Gasteiger partial charge is 0.311 e. The van der Waals surface area contributed by atoms with Crippen molar-refractivity contribution in [2.24, 2.45) is 10.8 Å². The quantitative estimate of drug-likeness (QED) is 0.198. The van der Waals surface area contributed by atoms with Crippen LogP contribution in [-0.2, 0) is 19.1 Å². The first-order valence-corrected chi connectivity index (χ1v) is 12.0. The van der Waals surface area contributed by atoms with E-state index in [9.17, 15) is 9.59 Å². The number of likely N-dealkylation sites (N-methyl/N-ethyl adjacent to an activating group) is 1. The number of rotatable bonds is 18. The van der Waals surface area contributed by atoms with E-state index in [2.05, 4.69) is 6.92 Å². The Labute approximate surface area is 186 Å². The molecule has 0 aliphatic heterocycles. The van der Waals surface area contributed by atoms with Gasteiger partial charge in [-0.3, -0.25) is 9.59 Å². The lowest BCUT2D eigenvalue weighted by Crippen LogP contribution is -2.37. The summed E-state index contributed by atoms with van der Waals surface area (Å²) in [7, 11) is 3.87. The van der Waals surface area contributed by atoms with Crippen molar-refractivity contribution in [1.29, 1.82) is 0 Å². The molecule has 0 aliphatic rings. The zero-order valence-electron chi connectivity index (χ0n) is 21.0.